The van der Waals surface area contributed by atoms with Gasteiger partial charge >= 0.3 is 0 Å². The number of methoxy groups -OCH3 is 2. The zero-order chi connectivity index (χ0) is 25.5. The van der Waals surface area contributed by atoms with Crippen molar-refractivity contribution in [2.75, 3.05) is 20.8 Å². The number of aliphatic hydroxyl groups is 1. The molecule has 0 aliphatic heterocycles. The van der Waals surface area contributed by atoms with Crippen molar-refractivity contribution in [3.8, 4) is 28.5 Å². The summed E-state index contributed by atoms with van der Waals surface area (Å²) >= 11 is 5.89. The minimum atomic E-state index is -0.654. The van der Waals surface area contributed by atoms with Gasteiger partial charge in [-0.3, -0.25) is 9.59 Å². The van der Waals surface area contributed by atoms with Crippen LogP contribution in [0.4, 0.5) is 4.39 Å². The first-order valence-electron chi connectivity index (χ1n) is 10.8. The minimum Gasteiger partial charge on any atom is -0.494 e. The first-order chi connectivity index (χ1) is 16.7. The fraction of sp³-hybridized carbons (Fsp3) is 0.269. The Hall–Kier alpha value is -3.49. The van der Waals surface area contributed by atoms with Crippen LogP contribution < -0.4 is 14.2 Å². The molecule has 0 aliphatic rings. The maximum Gasteiger partial charge on any atom is 0.181 e. The van der Waals surface area contributed by atoms with Crippen LogP contribution in [0.5, 0.6) is 17.2 Å². The molecule has 0 amide bonds. The first kappa shape index (κ1) is 26.1. The summed E-state index contributed by atoms with van der Waals surface area (Å²) < 4.78 is 29.6. The molecule has 1 aromatic heterocycles. The summed E-state index contributed by atoms with van der Waals surface area (Å²) in [6.45, 7) is 1.68. The summed E-state index contributed by atoms with van der Waals surface area (Å²) in [6, 6.07) is 11.9. The SMILES string of the molecule is COc1cc(C(=O)CCC(=O)c2ccc(OC)c(-c3ccc(F)c(Cl)c3)n2)ccc1OCC(C)O. The highest BCUT2D eigenvalue weighted by Crippen LogP contribution is 2.32. The lowest BCUT2D eigenvalue weighted by molar-refractivity contribution is 0.0914. The van der Waals surface area contributed by atoms with E-state index < -0.39 is 11.9 Å². The van der Waals surface area contributed by atoms with Crippen molar-refractivity contribution in [3.63, 3.8) is 0 Å². The van der Waals surface area contributed by atoms with Gasteiger partial charge in [0.25, 0.3) is 0 Å². The number of benzene rings is 2. The number of aromatic nitrogens is 1. The van der Waals surface area contributed by atoms with E-state index in [0.29, 0.717) is 34.1 Å². The van der Waals surface area contributed by atoms with Gasteiger partial charge in [0.05, 0.1) is 25.3 Å². The smallest absolute Gasteiger partial charge is 0.181 e. The molecule has 0 bridgehead atoms. The van der Waals surface area contributed by atoms with Crippen LogP contribution in [0.25, 0.3) is 11.3 Å². The highest BCUT2D eigenvalue weighted by atomic mass is 35.5. The number of ether oxygens (including phenoxy) is 3. The minimum absolute atomic E-state index is 0.0404. The van der Waals surface area contributed by atoms with E-state index in [1.807, 2.05) is 0 Å². The number of hydrogen-bond acceptors (Lipinski definition) is 7. The third-order valence-electron chi connectivity index (χ3n) is 5.10. The maximum absolute atomic E-state index is 13.6. The van der Waals surface area contributed by atoms with Gasteiger partial charge in [0, 0.05) is 24.0 Å². The van der Waals surface area contributed by atoms with Crippen molar-refractivity contribution in [2.45, 2.75) is 25.9 Å². The summed E-state index contributed by atoms with van der Waals surface area (Å²) in [7, 11) is 2.91. The standard InChI is InChI=1S/C26H25ClFNO6/c1-15(30)14-35-23-10-5-16(13-25(23)34-3)21(31)8-9-22(32)20-7-11-24(33-2)26(29-20)17-4-6-19(28)18(27)12-17/h4-7,10-13,15,30H,8-9,14H2,1-3H3. The molecule has 1 N–H and O–H groups in total. The zero-order valence-corrected chi connectivity index (χ0v) is 20.3. The van der Waals surface area contributed by atoms with E-state index in [-0.39, 0.29) is 41.7 Å². The number of Topliss-reactive ketones (excluding diaryl/α,β-unsaturated/α-hetero) is 2. The van der Waals surface area contributed by atoms with Crippen LogP contribution >= 0.6 is 11.6 Å². The number of ketones is 2. The molecule has 1 atom stereocenters. The van der Waals surface area contributed by atoms with Crippen molar-refractivity contribution >= 4 is 23.2 Å². The highest BCUT2D eigenvalue weighted by molar-refractivity contribution is 6.31. The predicted octanol–water partition coefficient (Wildman–Crippen LogP) is 5.16. The number of hydrogen-bond donors (Lipinski definition) is 1. The average molecular weight is 502 g/mol. The lowest BCUT2D eigenvalue weighted by atomic mass is 10.0. The molecule has 2 aromatic carbocycles. The van der Waals surface area contributed by atoms with Crippen LogP contribution in [0, 0.1) is 5.82 Å². The molecule has 9 heteroatoms. The zero-order valence-electron chi connectivity index (χ0n) is 19.5. The second-order valence-electron chi connectivity index (χ2n) is 7.75. The van der Waals surface area contributed by atoms with Gasteiger partial charge in [-0.05, 0) is 55.5 Å². The van der Waals surface area contributed by atoms with Crippen LogP contribution in [0.3, 0.4) is 0 Å². The van der Waals surface area contributed by atoms with Gasteiger partial charge < -0.3 is 19.3 Å². The number of pyridine rings is 1. The number of aliphatic hydroxyl groups excluding tert-OH is 1. The number of carbonyl (C=O) groups excluding carboxylic acids is 2. The van der Waals surface area contributed by atoms with Gasteiger partial charge in [-0.1, -0.05) is 11.6 Å². The van der Waals surface area contributed by atoms with Crippen molar-refractivity contribution in [3.05, 3.63) is 70.6 Å². The fourth-order valence-electron chi connectivity index (χ4n) is 3.29. The Bertz CT molecular complexity index is 1230. The highest BCUT2D eigenvalue weighted by Gasteiger charge is 2.18. The molecule has 1 unspecified atom stereocenters. The van der Waals surface area contributed by atoms with Crippen molar-refractivity contribution < 1.29 is 33.3 Å². The lowest BCUT2D eigenvalue weighted by Gasteiger charge is -2.13. The van der Waals surface area contributed by atoms with Crippen LogP contribution in [-0.2, 0) is 0 Å². The van der Waals surface area contributed by atoms with Crippen LogP contribution in [0.15, 0.2) is 48.5 Å². The second kappa shape index (κ2) is 11.8. The Kier molecular flexibility index (Phi) is 8.78. The molecule has 7 nitrogen and oxygen atoms in total. The molecule has 0 radical (unpaired) electrons. The quantitative estimate of drug-likeness (QED) is 0.362. The maximum atomic E-state index is 13.6. The second-order valence-corrected chi connectivity index (χ2v) is 8.16. The van der Waals surface area contributed by atoms with Gasteiger partial charge in [-0.2, -0.15) is 0 Å². The Balaban J connectivity index is 1.73. The topological polar surface area (TPSA) is 95.0 Å². The normalized spacial score (nSPS) is 11.6. The molecule has 0 saturated heterocycles. The van der Waals surface area contributed by atoms with Gasteiger partial charge in [-0.25, -0.2) is 9.37 Å². The van der Waals surface area contributed by atoms with Gasteiger partial charge in [0.15, 0.2) is 23.1 Å². The Morgan fingerprint density at radius 1 is 0.971 bits per heavy atom. The molecular formula is C26H25ClFNO6. The monoisotopic (exact) mass is 501 g/mol. The summed E-state index contributed by atoms with van der Waals surface area (Å²) in [5, 5.41) is 9.31. The molecule has 3 rings (SSSR count). The molecule has 1 heterocycles. The number of carbonyl (C=O) groups is 2. The molecule has 0 spiro atoms. The third-order valence-corrected chi connectivity index (χ3v) is 5.39. The number of nitrogens with zero attached hydrogens (tertiary/aromatic N) is 1. The molecular weight excluding hydrogens is 477 g/mol. The molecule has 35 heavy (non-hydrogen) atoms. The predicted molar refractivity (Wildman–Crippen MR) is 129 cm³/mol. The Morgan fingerprint density at radius 2 is 1.66 bits per heavy atom. The van der Waals surface area contributed by atoms with Crippen LogP contribution in [0.1, 0.15) is 40.6 Å². The van der Waals surface area contributed by atoms with E-state index in [2.05, 4.69) is 4.98 Å². The van der Waals surface area contributed by atoms with E-state index in [0.717, 1.165) is 0 Å². The molecule has 0 saturated carbocycles. The van der Waals surface area contributed by atoms with E-state index >= 15 is 0 Å². The molecule has 184 valence electrons. The average Bonchev–Trinajstić information content (AvgIpc) is 2.86. The molecule has 0 fully saturated rings. The fourth-order valence-corrected chi connectivity index (χ4v) is 3.47. The summed E-state index contributed by atoms with van der Waals surface area (Å²) in [6.07, 6.45) is -0.759. The number of halogens is 2. The Labute approximate surface area is 207 Å². The lowest BCUT2D eigenvalue weighted by Crippen LogP contribution is -2.13. The summed E-state index contributed by atoms with van der Waals surface area (Å²) in [4.78, 5) is 29.9. The van der Waals surface area contributed by atoms with E-state index in [4.69, 9.17) is 25.8 Å². The molecule has 0 aliphatic carbocycles. The van der Waals surface area contributed by atoms with E-state index in [1.165, 1.54) is 44.6 Å². The van der Waals surface area contributed by atoms with E-state index in [9.17, 15) is 19.1 Å². The van der Waals surface area contributed by atoms with Crippen LogP contribution in [0.2, 0.25) is 5.02 Å². The summed E-state index contributed by atoms with van der Waals surface area (Å²) in [5.41, 5.74) is 1.34. The van der Waals surface area contributed by atoms with Gasteiger partial charge in [0.2, 0.25) is 0 Å². The third kappa shape index (κ3) is 6.55. The van der Waals surface area contributed by atoms with Crippen molar-refractivity contribution in [1.82, 2.24) is 4.98 Å². The van der Waals surface area contributed by atoms with Crippen molar-refractivity contribution in [1.29, 1.82) is 0 Å². The van der Waals surface area contributed by atoms with Crippen molar-refractivity contribution in [2.24, 2.45) is 0 Å². The first-order valence-corrected chi connectivity index (χ1v) is 11.2. The van der Waals surface area contributed by atoms with Gasteiger partial charge in [0.1, 0.15) is 29.6 Å². The van der Waals surface area contributed by atoms with Crippen LogP contribution in [-0.4, -0.2) is 48.6 Å². The van der Waals surface area contributed by atoms with E-state index in [1.54, 1.807) is 25.1 Å². The Morgan fingerprint density at radius 3 is 2.31 bits per heavy atom. The summed E-state index contributed by atoms with van der Waals surface area (Å²) in [5.74, 6) is -0.0131. The largest absolute Gasteiger partial charge is 0.494 e. The van der Waals surface area contributed by atoms with Gasteiger partial charge in [-0.15, -0.1) is 0 Å². The molecule has 3 aromatic rings. The number of rotatable bonds is 11.